The van der Waals surface area contributed by atoms with E-state index in [0.717, 1.165) is 11.5 Å². The van der Waals surface area contributed by atoms with Gasteiger partial charge in [-0.3, -0.25) is 0 Å². The van der Waals surface area contributed by atoms with Gasteiger partial charge in [-0.2, -0.15) is 0 Å². The van der Waals surface area contributed by atoms with Gasteiger partial charge in [0, 0.05) is 18.1 Å². The Hall–Kier alpha value is -2.23. The van der Waals surface area contributed by atoms with E-state index in [2.05, 4.69) is 10.0 Å². The van der Waals surface area contributed by atoms with Gasteiger partial charge in [0.05, 0.1) is 112 Å². The largest absolute Gasteiger partial charge is 0.491 e. The molecular weight excluding hydrogens is 554 g/mol. The smallest absolute Gasteiger partial charge is 0.119 e. The van der Waals surface area contributed by atoms with E-state index in [-0.39, 0.29) is 0 Å². The van der Waals surface area contributed by atoms with Crippen LogP contribution in [0.2, 0.25) is 0 Å². The fourth-order valence-electron chi connectivity index (χ4n) is 3.00. The molecule has 242 valence electrons. The summed E-state index contributed by atoms with van der Waals surface area (Å²) < 4.78 is 59.9. The Morgan fingerprint density at radius 1 is 0.452 bits per heavy atom. The lowest BCUT2D eigenvalue weighted by Gasteiger charge is -2.10. The molecule has 14 nitrogen and oxygen atoms in total. The first-order valence-corrected chi connectivity index (χ1v) is 14.4. The van der Waals surface area contributed by atoms with Gasteiger partial charge in [-0.1, -0.05) is 5.11 Å². The Balaban J connectivity index is 1.81. The Morgan fingerprint density at radius 2 is 0.738 bits per heavy atom. The van der Waals surface area contributed by atoms with Gasteiger partial charge in [-0.05, 0) is 36.7 Å². The highest BCUT2D eigenvalue weighted by molar-refractivity contribution is 5.31. The molecule has 0 aliphatic rings. The molecule has 0 heterocycles. The van der Waals surface area contributed by atoms with Crippen LogP contribution in [0.25, 0.3) is 10.4 Å². The van der Waals surface area contributed by atoms with Crippen molar-refractivity contribution < 1.29 is 52.1 Å². The molecule has 0 aliphatic heterocycles. The maximum atomic E-state index is 8.14. The van der Waals surface area contributed by atoms with Crippen molar-refractivity contribution in [3.8, 4) is 11.5 Å². The highest BCUT2D eigenvalue weighted by Crippen LogP contribution is 2.17. The van der Waals surface area contributed by atoms with E-state index in [1.54, 1.807) is 0 Å². The summed E-state index contributed by atoms with van der Waals surface area (Å²) in [6, 6.07) is 7.42. The minimum absolute atomic E-state index is 0.326. The molecule has 0 amide bonds. The molecular formula is C28H49N3O11. The number of rotatable bonds is 33. The standard InChI is InChI=1S/C28H49N3O11/c1-2-32-9-10-34-13-14-36-17-18-38-20-22-40-24-26-42-28-5-3-27(4-6-28)41-25-23-39-21-19-37-16-15-35-12-11-33-8-7-30-31-29/h3-6H,2,7-26H2,1H3. The predicted molar refractivity (Wildman–Crippen MR) is 154 cm³/mol. The quantitative estimate of drug-likeness (QED) is 0.0505. The van der Waals surface area contributed by atoms with Crippen molar-refractivity contribution in [2.45, 2.75) is 6.92 Å². The lowest BCUT2D eigenvalue weighted by molar-refractivity contribution is -0.0119. The van der Waals surface area contributed by atoms with E-state index in [0.29, 0.717) is 139 Å². The van der Waals surface area contributed by atoms with Gasteiger partial charge in [-0.15, -0.1) is 0 Å². The molecule has 0 fully saturated rings. The van der Waals surface area contributed by atoms with Crippen molar-refractivity contribution in [2.75, 3.05) is 139 Å². The topological polar surface area (TPSA) is 150 Å². The van der Waals surface area contributed by atoms with Crippen molar-refractivity contribution in [1.82, 2.24) is 0 Å². The van der Waals surface area contributed by atoms with E-state index in [4.69, 9.17) is 57.6 Å². The zero-order valence-electron chi connectivity index (χ0n) is 25.0. The monoisotopic (exact) mass is 603 g/mol. The van der Waals surface area contributed by atoms with Crippen LogP contribution < -0.4 is 9.47 Å². The summed E-state index contributed by atoms with van der Waals surface area (Å²) in [4.78, 5) is 2.65. The predicted octanol–water partition coefficient (Wildman–Crippen LogP) is 2.92. The van der Waals surface area contributed by atoms with Gasteiger partial charge in [0.15, 0.2) is 0 Å². The minimum Gasteiger partial charge on any atom is -0.491 e. The molecule has 1 aromatic carbocycles. The molecule has 0 aliphatic carbocycles. The first-order valence-electron chi connectivity index (χ1n) is 14.4. The molecule has 0 aromatic heterocycles. The minimum atomic E-state index is 0.326. The van der Waals surface area contributed by atoms with Crippen molar-refractivity contribution in [2.24, 2.45) is 5.11 Å². The zero-order chi connectivity index (χ0) is 30.0. The maximum Gasteiger partial charge on any atom is 0.119 e. The molecule has 0 unspecified atom stereocenters. The molecule has 1 rings (SSSR count). The molecule has 0 saturated carbocycles. The van der Waals surface area contributed by atoms with Gasteiger partial charge in [0.1, 0.15) is 24.7 Å². The number of hydrogen-bond acceptors (Lipinski definition) is 12. The molecule has 0 bridgehead atoms. The zero-order valence-corrected chi connectivity index (χ0v) is 25.0. The van der Waals surface area contributed by atoms with Crippen molar-refractivity contribution >= 4 is 0 Å². The number of ether oxygens (including phenoxy) is 11. The molecule has 0 saturated heterocycles. The third kappa shape index (κ3) is 26.7. The summed E-state index contributed by atoms with van der Waals surface area (Å²) in [6.45, 7) is 12.4. The summed E-state index contributed by atoms with van der Waals surface area (Å²) in [5.41, 5.74) is 8.14. The fourth-order valence-corrected chi connectivity index (χ4v) is 3.00. The lowest BCUT2D eigenvalue weighted by Crippen LogP contribution is -2.14. The van der Waals surface area contributed by atoms with Crippen LogP contribution >= 0.6 is 0 Å². The summed E-state index contributed by atoms with van der Waals surface area (Å²) >= 11 is 0. The van der Waals surface area contributed by atoms with Crippen LogP contribution in [-0.2, 0) is 42.6 Å². The summed E-state index contributed by atoms with van der Waals surface area (Å²) in [5, 5.41) is 3.37. The second kappa shape index (κ2) is 31.7. The van der Waals surface area contributed by atoms with E-state index in [1.807, 2.05) is 31.2 Å². The third-order valence-corrected chi connectivity index (χ3v) is 5.02. The Bertz CT molecular complexity index is 740. The van der Waals surface area contributed by atoms with Crippen LogP contribution in [0.5, 0.6) is 11.5 Å². The van der Waals surface area contributed by atoms with Gasteiger partial charge in [-0.25, -0.2) is 0 Å². The first kappa shape index (κ1) is 37.8. The summed E-state index contributed by atoms with van der Waals surface area (Å²) in [5.74, 6) is 1.49. The fraction of sp³-hybridized carbons (Fsp3) is 0.786. The van der Waals surface area contributed by atoms with Crippen LogP contribution in [0.1, 0.15) is 6.92 Å². The van der Waals surface area contributed by atoms with Gasteiger partial charge in [0.25, 0.3) is 0 Å². The van der Waals surface area contributed by atoms with Crippen LogP contribution in [0, 0.1) is 0 Å². The molecule has 0 spiro atoms. The van der Waals surface area contributed by atoms with Crippen LogP contribution in [0.3, 0.4) is 0 Å². The van der Waals surface area contributed by atoms with E-state index in [1.165, 1.54) is 0 Å². The van der Waals surface area contributed by atoms with Gasteiger partial charge >= 0.3 is 0 Å². The highest BCUT2D eigenvalue weighted by atomic mass is 16.6. The third-order valence-electron chi connectivity index (χ3n) is 5.02. The first-order chi connectivity index (χ1) is 20.9. The second-order valence-corrected chi connectivity index (χ2v) is 8.22. The van der Waals surface area contributed by atoms with Gasteiger partial charge < -0.3 is 52.1 Å². The molecule has 0 radical (unpaired) electrons. The van der Waals surface area contributed by atoms with Crippen LogP contribution in [0.4, 0.5) is 0 Å². The second-order valence-electron chi connectivity index (χ2n) is 8.22. The van der Waals surface area contributed by atoms with Crippen LogP contribution in [0.15, 0.2) is 29.4 Å². The van der Waals surface area contributed by atoms with Crippen molar-refractivity contribution in [1.29, 1.82) is 0 Å². The van der Waals surface area contributed by atoms with E-state index >= 15 is 0 Å². The maximum absolute atomic E-state index is 8.14. The highest BCUT2D eigenvalue weighted by Gasteiger charge is 1.99. The van der Waals surface area contributed by atoms with Crippen molar-refractivity contribution in [3.63, 3.8) is 0 Å². The van der Waals surface area contributed by atoms with Crippen molar-refractivity contribution in [3.05, 3.63) is 34.7 Å². The number of hydrogen-bond donors (Lipinski definition) is 0. The summed E-state index contributed by atoms with van der Waals surface area (Å²) in [6.07, 6.45) is 0. The Kier molecular flexibility index (Phi) is 28.5. The molecule has 0 atom stereocenters. The SMILES string of the molecule is CCOCCOCCOCCOCCOCCOc1ccc(OCCOCCOCCOCCOCCN=[N+]=[N-])cc1. The molecule has 0 N–H and O–H groups in total. The molecule has 42 heavy (non-hydrogen) atoms. The average molecular weight is 604 g/mol. The van der Waals surface area contributed by atoms with Gasteiger partial charge in [0.2, 0.25) is 0 Å². The van der Waals surface area contributed by atoms with Crippen LogP contribution in [-0.4, -0.2) is 139 Å². The van der Waals surface area contributed by atoms with E-state index < -0.39 is 0 Å². The van der Waals surface area contributed by atoms with E-state index in [9.17, 15) is 0 Å². The molecule has 14 heteroatoms. The number of nitrogens with zero attached hydrogens (tertiary/aromatic N) is 3. The number of benzene rings is 1. The summed E-state index contributed by atoms with van der Waals surface area (Å²) in [7, 11) is 0. The average Bonchev–Trinajstić information content (AvgIpc) is 3.01. The lowest BCUT2D eigenvalue weighted by atomic mass is 10.3. The Labute approximate surface area is 249 Å². The Morgan fingerprint density at radius 3 is 1.05 bits per heavy atom. The normalized spacial score (nSPS) is 11.0. The number of azide groups is 1. The molecule has 1 aromatic rings.